The maximum absolute atomic E-state index is 12.8. The first-order valence-electron chi connectivity index (χ1n) is 6.87. The fourth-order valence-electron chi connectivity index (χ4n) is 2.42. The Labute approximate surface area is 131 Å². The van der Waals surface area contributed by atoms with E-state index >= 15 is 0 Å². The Morgan fingerprint density at radius 1 is 1.32 bits per heavy atom. The van der Waals surface area contributed by atoms with Crippen LogP contribution in [-0.2, 0) is 6.18 Å². The molecular weight excluding hydrogens is 313 g/mol. The summed E-state index contributed by atoms with van der Waals surface area (Å²) < 4.78 is 39.6. The van der Waals surface area contributed by atoms with Crippen molar-refractivity contribution in [3.05, 3.63) is 29.1 Å². The average Bonchev–Trinajstić information content (AvgIpc) is 3.18. The Morgan fingerprint density at radius 3 is 2.55 bits per heavy atom. The second-order valence-corrected chi connectivity index (χ2v) is 5.87. The lowest BCUT2D eigenvalue weighted by molar-refractivity contribution is -0.144. The van der Waals surface area contributed by atoms with Crippen molar-refractivity contribution >= 4 is 18.6 Å². The second kappa shape index (κ2) is 5.19. The van der Waals surface area contributed by atoms with Crippen LogP contribution in [0.2, 0.25) is 0 Å². The number of aryl methyl sites for hydroxylation is 1. The summed E-state index contributed by atoms with van der Waals surface area (Å²) >= 11 is 4.47. The van der Waals surface area contributed by atoms with Gasteiger partial charge in [0.25, 0.3) is 5.82 Å². The van der Waals surface area contributed by atoms with E-state index in [1.54, 1.807) is 6.07 Å². The number of nitrogens with zero attached hydrogens (tertiary/aromatic N) is 3. The molecule has 0 saturated heterocycles. The van der Waals surface area contributed by atoms with E-state index in [4.69, 9.17) is 0 Å². The summed E-state index contributed by atoms with van der Waals surface area (Å²) in [6.45, 7) is 1.85. The van der Waals surface area contributed by atoms with Crippen molar-refractivity contribution in [3.8, 4) is 5.69 Å². The van der Waals surface area contributed by atoms with Crippen molar-refractivity contribution in [2.45, 2.75) is 36.8 Å². The van der Waals surface area contributed by atoms with Gasteiger partial charge >= 0.3 is 6.18 Å². The van der Waals surface area contributed by atoms with Gasteiger partial charge in [-0.05, 0) is 42.9 Å². The van der Waals surface area contributed by atoms with E-state index in [9.17, 15) is 13.2 Å². The number of hydrogen-bond donors (Lipinski definition) is 2. The highest BCUT2D eigenvalue weighted by atomic mass is 32.1. The van der Waals surface area contributed by atoms with Gasteiger partial charge in [-0.2, -0.15) is 22.8 Å². The Bertz CT molecular complexity index is 720. The van der Waals surface area contributed by atoms with Crippen LogP contribution in [0, 0.1) is 6.92 Å². The SMILES string of the molecule is CNc1nc(C(F)(F)F)nn1-c1cc(S)c(C2CC2)cc1C. The van der Waals surface area contributed by atoms with Crippen LogP contribution in [0.1, 0.15) is 35.7 Å². The molecule has 0 bridgehead atoms. The fourth-order valence-corrected chi connectivity index (χ4v) is 2.79. The Kier molecular flexibility index (Phi) is 3.58. The molecule has 8 heteroatoms. The summed E-state index contributed by atoms with van der Waals surface area (Å²) in [5, 5.41) is 6.25. The quantitative estimate of drug-likeness (QED) is 0.842. The third-order valence-electron chi connectivity index (χ3n) is 3.67. The molecule has 22 heavy (non-hydrogen) atoms. The van der Waals surface area contributed by atoms with E-state index in [2.05, 4.69) is 28.0 Å². The summed E-state index contributed by atoms with van der Waals surface area (Å²) in [5.41, 5.74) is 2.53. The average molecular weight is 328 g/mol. The fraction of sp³-hybridized carbons (Fsp3) is 0.429. The Balaban J connectivity index is 2.11. The second-order valence-electron chi connectivity index (χ2n) is 5.39. The predicted molar refractivity (Wildman–Crippen MR) is 79.9 cm³/mol. The summed E-state index contributed by atoms with van der Waals surface area (Å²) in [6, 6.07) is 3.73. The number of benzene rings is 1. The number of nitrogens with one attached hydrogen (secondary N) is 1. The van der Waals surface area contributed by atoms with Crippen LogP contribution in [0.3, 0.4) is 0 Å². The van der Waals surface area contributed by atoms with E-state index in [0.29, 0.717) is 11.6 Å². The molecule has 1 aromatic heterocycles. The zero-order valence-electron chi connectivity index (χ0n) is 12.1. The number of alkyl halides is 3. The standard InChI is InChI=1S/C14H15F3N4S/c1-7-5-9(8-3-4-8)11(22)6-10(7)21-13(18-2)19-12(20-21)14(15,16)17/h5-6,8,22H,3-4H2,1-2H3,(H,18,19,20). The third-order valence-corrected chi connectivity index (χ3v) is 4.06. The van der Waals surface area contributed by atoms with Gasteiger partial charge in [-0.25, -0.2) is 0 Å². The van der Waals surface area contributed by atoms with E-state index in [-0.39, 0.29) is 5.95 Å². The zero-order valence-corrected chi connectivity index (χ0v) is 13.0. The first kappa shape index (κ1) is 15.2. The molecule has 1 heterocycles. The van der Waals surface area contributed by atoms with Gasteiger partial charge in [0.1, 0.15) is 0 Å². The zero-order chi connectivity index (χ0) is 16.1. The first-order valence-corrected chi connectivity index (χ1v) is 7.32. The van der Waals surface area contributed by atoms with Gasteiger partial charge in [-0.1, -0.05) is 6.07 Å². The van der Waals surface area contributed by atoms with Crippen molar-refractivity contribution in [1.82, 2.24) is 14.8 Å². The van der Waals surface area contributed by atoms with Crippen LogP contribution < -0.4 is 5.32 Å². The van der Waals surface area contributed by atoms with Gasteiger partial charge in [0.2, 0.25) is 5.95 Å². The van der Waals surface area contributed by atoms with Crippen LogP contribution in [0.4, 0.5) is 19.1 Å². The number of hydrogen-bond acceptors (Lipinski definition) is 4. The molecule has 1 aromatic carbocycles. The van der Waals surface area contributed by atoms with Crippen molar-refractivity contribution in [2.24, 2.45) is 0 Å². The minimum atomic E-state index is -4.58. The number of anilines is 1. The van der Waals surface area contributed by atoms with E-state index in [0.717, 1.165) is 28.9 Å². The lowest BCUT2D eigenvalue weighted by Crippen LogP contribution is -2.09. The van der Waals surface area contributed by atoms with E-state index in [1.165, 1.54) is 11.7 Å². The van der Waals surface area contributed by atoms with Crippen LogP contribution in [0.5, 0.6) is 0 Å². The molecule has 0 unspecified atom stereocenters. The summed E-state index contributed by atoms with van der Waals surface area (Å²) in [4.78, 5) is 4.28. The van der Waals surface area contributed by atoms with Crippen molar-refractivity contribution < 1.29 is 13.2 Å². The molecule has 1 N–H and O–H groups in total. The largest absolute Gasteiger partial charge is 0.453 e. The van der Waals surface area contributed by atoms with Crippen LogP contribution in [0.15, 0.2) is 17.0 Å². The first-order chi connectivity index (χ1) is 10.3. The predicted octanol–water partition coefficient (Wildman–Crippen LogP) is 3.80. The minimum absolute atomic E-state index is 0.0438. The lowest BCUT2D eigenvalue weighted by atomic mass is 10.1. The maximum Gasteiger partial charge on any atom is 0.453 e. The molecule has 2 aromatic rings. The van der Waals surface area contributed by atoms with Crippen molar-refractivity contribution in [1.29, 1.82) is 0 Å². The highest BCUT2D eigenvalue weighted by Crippen LogP contribution is 2.44. The van der Waals surface area contributed by atoms with Gasteiger partial charge in [0.05, 0.1) is 5.69 Å². The molecule has 1 aliphatic rings. The minimum Gasteiger partial charge on any atom is -0.357 e. The molecule has 0 spiro atoms. The smallest absolute Gasteiger partial charge is 0.357 e. The van der Waals surface area contributed by atoms with E-state index < -0.39 is 12.0 Å². The molecule has 0 atom stereocenters. The van der Waals surface area contributed by atoms with Gasteiger partial charge in [0, 0.05) is 11.9 Å². The molecule has 0 amide bonds. The van der Waals surface area contributed by atoms with Gasteiger partial charge < -0.3 is 5.32 Å². The van der Waals surface area contributed by atoms with E-state index in [1.807, 2.05) is 13.0 Å². The molecule has 4 nitrogen and oxygen atoms in total. The maximum atomic E-state index is 12.8. The molecule has 0 radical (unpaired) electrons. The molecular formula is C14H15F3N4S. The topological polar surface area (TPSA) is 42.7 Å². The molecule has 1 fully saturated rings. The van der Waals surface area contributed by atoms with Gasteiger partial charge in [-0.15, -0.1) is 17.7 Å². The summed E-state index contributed by atoms with van der Waals surface area (Å²) in [5.74, 6) is -0.601. The number of rotatable bonds is 3. The third kappa shape index (κ3) is 2.67. The Hall–Kier alpha value is -1.70. The highest BCUT2D eigenvalue weighted by Gasteiger charge is 2.37. The molecule has 3 rings (SSSR count). The molecule has 1 saturated carbocycles. The van der Waals surface area contributed by atoms with Gasteiger partial charge in [-0.3, -0.25) is 0 Å². The lowest BCUT2D eigenvalue weighted by Gasteiger charge is -2.12. The molecule has 0 aliphatic heterocycles. The number of thiol groups is 1. The van der Waals surface area contributed by atoms with Crippen LogP contribution in [-0.4, -0.2) is 21.8 Å². The summed E-state index contributed by atoms with van der Waals surface area (Å²) in [7, 11) is 1.51. The van der Waals surface area contributed by atoms with Crippen molar-refractivity contribution in [2.75, 3.05) is 12.4 Å². The number of aromatic nitrogens is 3. The van der Waals surface area contributed by atoms with Crippen LogP contribution >= 0.6 is 12.6 Å². The molecule has 118 valence electrons. The molecule has 1 aliphatic carbocycles. The normalized spacial score (nSPS) is 15.2. The van der Waals surface area contributed by atoms with Gasteiger partial charge in [0.15, 0.2) is 0 Å². The summed E-state index contributed by atoms with van der Waals surface area (Å²) in [6.07, 6.45) is -2.31. The van der Waals surface area contributed by atoms with Crippen LogP contribution in [0.25, 0.3) is 5.69 Å². The monoisotopic (exact) mass is 328 g/mol. The Morgan fingerprint density at radius 2 is 2.00 bits per heavy atom. The number of halogens is 3. The highest BCUT2D eigenvalue weighted by molar-refractivity contribution is 7.80. The van der Waals surface area contributed by atoms with Crippen molar-refractivity contribution in [3.63, 3.8) is 0 Å².